The van der Waals surface area contributed by atoms with Gasteiger partial charge in [-0.2, -0.15) is 16.8 Å². The Balaban J connectivity index is 1.29. The van der Waals surface area contributed by atoms with Gasteiger partial charge < -0.3 is 57.6 Å². The largest absolute Gasteiger partial charge is 0.488 e. The third-order valence-electron chi connectivity index (χ3n) is 10.9. The molecule has 0 saturated heterocycles. The van der Waals surface area contributed by atoms with Gasteiger partial charge in [0.25, 0.3) is 20.2 Å². The molecule has 0 saturated carbocycles. The summed E-state index contributed by atoms with van der Waals surface area (Å²) in [5.74, 6) is -4.43. The zero-order valence-electron chi connectivity index (χ0n) is 40.5. The van der Waals surface area contributed by atoms with Crippen LogP contribution in [0.15, 0.2) is 72.8 Å². The molecule has 0 bridgehead atoms. The Bertz CT molecular complexity index is 2460. The fraction of sp³-hybridized carbons (Fsp3) is 0.480. The van der Waals surface area contributed by atoms with E-state index in [0.717, 1.165) is 0 Å². The fourth-order valence-electron chi connectivity index (χ4n) is 7.45. The van der Waals surface area contributed by atoms with E-state index in [9.17, 15) is 35.5 Å². The monoisotopic (exact) mass is 1080 g/mol. The highest BCUT2D eigenvalue weighted by atomic mass is 32.2. The molecule has 0 heterocycles. The maximum atomic E-state index is 15.6. The van der Waals surface area contributed by atoms with Gasteiger partial charge in [-0.15, -0.1) is 0 Å². The second-order valence-corrected chi connectivity index (χ2v) is 19.6. The van der Waals surface area contributed by atoms with E-state index in [1.165, 1.54) is 24.3 Å². The maximum Gasteiger partial charge on any atom is 0.305 e. The average Bonchev–Trinajstić information content (AvgIpc) is 3.34. The van der Waals surface area contributed by atoms with Crippen LogP contribution in [-0.4, -0.2) is 165 Å². The first kappa shape index (κ1) is 59.7. The van der Waals surface area contributed by atoms with Crippen LogP contribution in [0.4, 0.5) is 8.78 Å². The van der Waals surface area contributed by atoms with Gasteiger partial charge in [0.2, 0.25) is 0 Å². The van der Waals surface area contributed by atoms with Crippen LogP contribution in [0.1, 0.15) is 49.0 Å². The lowest BCUT2D eigenvalue weighted by Gasteiger charge is -2.36. The van der Waals surface area contributed by atoms with Crippen LogP contribution in [0.3, 0.4) is 0 Å². The van der Waals surface area contributed by atoms with Crippen LogP contribution >= 0.6 is 0 Å². The van der Waals surface area contributed by atoms with Crippen molar-refractivity contribution >= 4 is 32.2 Å². The zero-order chi connectivity index (χ0) is 53.4. The third-order valence-corrected chi connectivity index (χ3v) is 12.5. The highest BCUT2D eigenvalue weighted by Gasteiger charge is 2.36. The number of hydrogen-bond donors (Lipinski definition) is 4. The van der Waals surface area contributed by atoms with Crippen molar-refractivity contribution in [2.45, 2.75) is 37.9 Å². The number of hydrogen-bond acceptors (Lipinski definition) is 16. The summed E-state index contributed by atoms with van der Waals surface area (Å²) in [6.45, 7) is 2.26. The summed E-state index contributed by atoms with van der Waals surface area (Å²) in [6, 6.07) is 19.6. The molecule has 24 heteroatoms. The molecule has 2 atom stereocenters. The van der Waals surface area contributed by atoms with Crippen LogP contribution in [0.5, 0.6) is 11.5 Å². The fourth-order valence-corrected chi connectivity index (χ4v) is 8.41. The molecule has 1 aliphatic rings. The Morgan fingerprint density at radius 1 is 0.432 bits per heavy atom. The van der Waals surface area contributed by atoms with Crippen LogP contribution in [0, 0.1) is 11.6 Å². The highest BCUT2D eigenvalue weighted by molar-refractivity contribution is 7.86. The number of fused-ring (bicyclic) bond motifs is 3. The molecule has 2 unspecified atom stereocenters. The van der Waals surface area contributed by atoms with E-state index in [1.807, 2.05) is 12.1 Å². The van der Waals surface area contributed by atoms with Gasteiger partial charge in [-0.3, -0.25) is 18.7 Å². The minimum Gasteiger partial charge on any atom is -0.488 e. The van der Waals surface area contributed by atoms with Gasteiger partial charge in [0.15, 0.2) is 23.1 Å². The average molecular weight is 1090 g/mol. The predicted octanol–water partition coefficient (Wildman–Crippen LogP) is 6.46. The van der Waals surface area contributed by atoms with Crippen LogP contribution in [0.2, 0.25) is 0 Å². The molecule has 4 N–H and O–H groups in total. The lowest BCUT2D eigenvalue weighted by molar-refractivity contribution is -0.139. The number of ether oxygens (including phenoxy) is 10. The van der Waals surface area contributed by atoms with Crippen LogP contribution in [-0.2, 0) is 67.7 Å². The molecule has 4 aromatic rings. The molecule has 0 fully saturated rings. The van der Waals surface area contributed by atoms with Crippen molar-refractivity contribution in [3.05, 3.63) is 95.6 Å². The smallest absolute Gasteiger partial charge is 0.305 e. The Morgan fingerprint density at radius 2 is 0.743 bits per heavy atom. The van der Waals surface area contributed by atoms with Gasteiger partial charge in [0.05, 0.1) is 104 Å². The van der Waals surface area contributed by atoms with Crippen LogP contribution in [0.25, 0.3) is 33.4 Å². The van der Waals surface area contributed by atoms with Crippen molar-refractivity contribution in [3.8, 4) is 44.9 Å². The molecule has 20 nitrogen and oxygen atoms in total. The number of rotatable bonds is 38. The summed E-state index contributed by atoms with van der Waals surface area (Å²) in [5.41, 5.74) is 4.54. The molecule has 74 heavy (non-hydrogen) atoms. The number of benzene rings is 4. The van der Waals surface area contributed by atoms with E-state index in [0.29, 0.717) is 44.5 Å². The summed E-state index contributed by atoms with van der Waals surface area (Å²) < 4.78 is 153. The normalized spacial score (nSPS) is 14.4. The van der Waals surface area contributed by atoms with Crippen LogP contribution < -0.4 is 9.47 Å². The van der Waals surface area contributed by atoms with Gasteiger partial charge in [-0.25, -0.2) is 8.78 Å². The topological polar surface area (TPSA) is 276 Å². The van der Waals surface area contributed by atoms with E-state index in [4.69, 9.17) is 57.6 Å². The lowest BCUT2D eigenvalue weighted by atomic mass is 9.79. The first-order valence-corrected chi connectivity index (χ1v) is 26.9. The van der Waals surface area contributed by atoms with E-state index < -0.39 is 67.5 Å². The van der Waals surface area contributed by atoms with E-state index in [1.54, 1.807) is 36.4 Å². The maximum absolute atomic E-state index is 15.6. The molecule has 0 aliphatic heterocycles. The summed E-state index contributed by atoms with van der Waals surface area (Å²) in [7, 11) is -8.68. The zero-order valence-corrected chi connectivity index (χ0v) is 42.2. The quantitative estimate of drug-likeness (QED) is 0.0277. The first-order chi connectivity index (χ1) is 35.5. The highest BCUT2D eigenvalue weighted by Crippen LogP contribution is 2.50. The van der Waals surface area contributed by atoms with Crippen molar-refractivity contribution in [2.75, 3.05) is 117 Å². The van der Waals surface area contributed by atoms with Crippen molar-refractivity contribution in [3.63, 3.8) is 0 Å². The predicted molar refractivity (Wildman–Crippen MR) is 263 cm³/mol. The Hall–Kier alpha value is -5.22. The molecule has 0 spiro atoms. The second kappa shape index (κ2) is 31.0. The van der Waals surface area contributed by atoms with Crippen molar-refractivity contribution < 1.29 is 102 Å². The molecule has 1 aliphatic carbocycles. The Kier molecular flexibility index (Phi) is 25.0. The number of carboxylic acid groups (broad SMARTS) is 2. The Labute approximate surface area is 428 Å². The summed E-state index contributed by atoms with van der Waals surface area (Å²) in [5, 5.41) is 17.3. The minimum absolute atomic E-state index is 0.0178. The molecule has 0 amide bonds. The van der Waals surface area contributed by atoms with E-state index in [-0.39, 0.29) is 143 Å². The third kappa shape index (κ3) is 21.2. The molecular formula is C50H62F2O20S2. The van der Waals surface area contributed by atoms with Gasteiger partial charge in [-0.1, -0.05) is 36.4 Å². The number of halogens is 2. The van der Waals surface area contributed by atoms with Crippen molar-refractivity contribution in [1.82, 2.24) is 0 Å². The standard InChI is InChI=1S/C50H62F2O20S2/c51-43-33-37(5-9-45(43)69-27-25-67-23-21-65-19-17-63-15-11-47(53)54)35-3-7-39-40-8-4-36(38-6-10-46(44(52)34-38)70-28-26-68-24-22-66-20-18-64-16-12-48(55)56)32-42(40)50(72-14-2-30-74(60,61)62)49(41(39)31-35)71-13-1-29-73(57,58)59/h3-10,31-34,49-50H,1-2,11-30H2,(H,53,54)(H,55,56)(H,57,58,59)(H,60,61,62). The first-order valence-electron chi connectivity index (χ1n) is 23.7. The number of aliphatic carboxylic acids is 2. The summed E-state index contributed by atoms with van der Waals surface area (Å²) >= 11 is 0. The van der Waals surface area contributed by atoms with E-state index in [2.05, 4.69) is 0 Å². The second-order valence-electron chi connectivity index (χ2n) is 16.4. The number of carbonyl (C=O) groups is 2. The minimum atomic E-state index is -4.34. The van der Waals surface area contributed by atoms with Gasteiger partial charge in [0, 0.05) is 13.2 Å². The molecule has 0 aromatic heterocycles. The Morgan fingerprint density at radius 3 is 1.07 bits per heavy atom. The van der Waals surface area contributed by atoms with Crippen molar-refractivity contribution in [1.29, 1.82) is 0 Å². The van der Waals surface area contributed by atoms with E-state index >= 15 is 8.78 Å². The lowest BCUT2D eigenvalue weighted by Crippen LogP contribution is -2.24. The van der Waals surface area contributed by atoms with Gasteiger partial charge in [0.1, 0.15) is 25.4 Å². The summed E-state index contributed by atoms with van der Waals surface area (Å²) in [6.07, 6.45) is -2.36. The van der Waals surface area contributed by atoms with Crippen molar-refractivity contribution in [2.24, 2.45) is 0 Å². The molecule has 4 aromatic carbocycles. The molecule has 5 rings (SSSR count). The molecule has 408 valence electrons. The molecule has 0 radical (unpaired) electrons. The molecular weight excluding hydrogens is 1020 g/mol. The number of carboxylic acids is 2. The van der Waals surface area contributed by atoms with Gasteiger partial charge in [-0.05, 0) is 93.7 Å². The van der Waals surface area contributed by atoms with Gasteiger partial charge >= 0.3 is 11.9 Å². The summed E-state index contributed by atoms with van der Waals surface area (Å²) in [4.78, 5) is 21.1. The SMILES string of the molecule is O=C(O)CCOCCOCCOCCOc1ccc(-c2ccc3c(c2)C(OCCCS(=O)(=O)O)C(OCCCS(=O)(=O)O)c2cc(-c4ccc(OCCOCCOCCOCCC(=O)O)c(F)c4)ccc2-3)cc1F.